The van der Waals surface area contributed by atoms with Crippen LogP contribution in [0.25, 0.3) is 11.0 Å². The van der Waals surface area contributed by atoms with E-state index in [0.717, 1.165) is 42.2 Å². The van der Waals surface area contributed by atoms with Crippen molar-refractivity contribution in [3.05, 3.63) is 30.0 Å². The van der Waals surface area contributed by atoms with Gasteiger partial charge in [-0.2, -0.15) is 0 Å². The number of rotatable bonds is 1. The Labute approximate surface area is 113 Å². The van der Waals surface area contributed by atoms with Gasteiger partial charge in [0.15, 0.2) is 5.82 Å². The molecule has 1 aliphatic heterocycles. The average Bonchev–Trinajstić information content (AvgIpc) is 2.38. The molecule has 2 heterocycles. The summed E-state index contributed by atoms with van der Waals surface area (Å²) in [6.45, 7) is 9.48. The van der Waals surface area contributed by atoms with Crippen LogP contribution in [0.5, 0.6) is 0 Å². The highest BCUT2D eigenvalue weighted by Gasteiger charge is 2.31. The van der Waals surface area contributed by atoms with Gasteiger partial charge in [0.25, 0.3) is 0 Å². The number of anilines is 1. The Hall–Kier alpha value is -1.68. The molecular formula is C15H20N4. The Morgan fingerprint density at radius 3 is 2.53 bits per heavy atom. The molecule has 0 unspecified atom stereocenters. The zero-order valence-corrected chi connectivity index (χ0v) is 11.8. The number of nitrogens with zero attached hydrogens (tertiary/aromatic N) is 3. The van der Waals surface area contributed by atoms with E-state index < -0.39 is 0 Å². The van der Waals surface area contributed by atoms with E-state index in [1.54, 1.807) is 0 Å². The maximum Gasteiger partial charge on any atom is 0.151 e. The molecule has 4 nitrogen and oxygen atoms in total. The topological polar surface area (TPSA) is 41.1 Å². The minimum absolute atomic E-state index is 0.0696. The molecule has 1 N–H and O–H groups in total. The summed E-state index contributed by atoms with van der Waals surface area (Å²) in [5.74, 6) is 1.02. The number of aromatic nitrogens is 2. The lowest BCUT2D eigenvalue weighted by molar-refractivity contribution is 0.377. The Bertz CT molecular complexity index is 606. The molecule has 1 aliphatic rings. The van der Waals surface area contributed by atoms with Gasteiger partial charge in [0, 0.05) is 25.2 Å². The van der Waals surface area contributed by atoms with Gasteiger partial charge in [-0.3, -0.25) is 0 Å². The van der Waals surface area contributed by atoms with Gasteiger partial charge in [-0.1, -0.05) is 12.1 Å². The van der Waals surface area contributed by atoms with Crippen LogP contribution in [0.15, 0.2) is 24.3 Å². The number of hydrogen-bond donors (Lipinski definition) is 1. The standard InChI is InChI=1S/C15H20N4/c1-11-14(19-9-8-16-10-15(19,2)3)18-13-7-5-4-6-12(13)17-11/h4-7,16H,8-10H2,1-3H3. The molecule has 0 saturated carbocycles. The average molecular weight is 256 g/mol. The number of nitrogens with one attached hydrogen (secondary N) is 1. The molecule has 19 heavy (non-hydrogen) atoms. The van der Waals surface area contributed by atoms with E-state index in [2.05, 4.69) is 24.1 Å². The molecule has 1 aromatic heterocycles. The lowest BCUT2D eigenvalue weighted by Gasteiger charge is -2.44. The minimum atomic E-state index is 0.0696. The van der Waals surface area contributed by atoms with Crippen LogP contribution in [-0.2, 0) is 0 Å². The summed E-state index contributed by atoms with van der Waals surface area (Å²) in [4.78, 5) is 11.9. The van der Waals surface area contributed by atoms with Crippen LogP contribution in [-0.4, -0.2) is 35.1 Å². The van der Waals surface area contributed by atoms with E-state index in [-0.39, 0.29) is 5.54 Å². The minimum Gasteiger partial charge on any atom is -0.347 e. The Kier molecular flexibility index (Phi) is 2.90. The second kappa shape index (κ2) is 4.46. The van der Waals surface area contributed by atoms with E-state index >= 15 is 0 Å². The Morgan fingerprint density at radius 1 is 1.16 bits per heavy atom. The molecule has 4 heteroatoms. The molecular weight excluding hydrogens is 236 g/mol. The molecule has 0 radical (unpaired) electrons. The third-order valence-electron chi connectivity index (χ3n) is 3.78. The zero-order chi connectivity index (χ0) is 13.5. The molecule has 2 aromatic rings. The van der Waals surface area contributed by atoms with Crippen molar-refractivity contribution in [3.63, 3.8) is 0 Å². The highest BCUT2D eigenvalue weighted by atomic mass is 15.3. The monoisotopic (exact) mass is 256 g/mol. The number of hydrogen-bond acceptors (Lipinski definition) is 4. The smallest absolute Gasteiger partial charge is 0.151 e. The summed E-state index contributed by atoms with van der Waals surface area (Å²) in [6, 6.07) is 8.06. The van der Waals surface area contributed by atoms with E-state index in [9.17, 15) is 0 Å². The normalized spacial score (nSPS) is 18.8. The van der Waals surface area contributed by atoms with Crippen LogP contribution in [0.2, 0.25) is 0 Å². The Balaban J connectivity index is 2.11. The Morgan fingerprint density at radius 2 is 1.84 bits per heavy atom. The molecule has 1 saturated heterocycles. The summed E-state index contributed by atoms with van der Waals surface area (Å²) in [5.41, 5.74) is 3.02. The molecule has 0 spiro atoms. The first-order valence-electron chi connectivity index (χ1n) is 6.80. The summed E-state index contributed by atoms with van der Waals surface area (Å²) in [5, 5.41) is 3.44. The van der Waals surface area contributed by atoms with Crippen molar-refractivity contribution < 1.29 is 0 Å². The van der Waals surface area contributed by atoms with Crippen molar-refractivity contribution in [1.82, 2.24) is 15.3 Å². The van der Waals surface area contributed by atoms with Gasteiger partial charge in [-0.15, -0.1) is 0 Å². The van der Waals surface area contributed by atoms with Crippen molar-refractivity contribution in [2.45, 2.75) is 26.3 Å². The fourth-order valence-electron chi connectivity index (χ4n) is 2.71. The number of aryl methyl sites for hydroxylation is 1. The summed E-state index contributed by atoms with van der Waals surface area (Å²) < 4.78 is 0. The molecule has 100 valence electrons. The molecule has 0 bridgehead atoms. The maximum atomic E-state index is 4.83. The van der Waals surface area contributed by atoms with Gasteiger partial charge in [0.1, 0.15) is 0 Å². The van der Waals surface area contributed by atoms with E-state index in [0.29, 0.717) is 0 Å². The van der Waals surface area contributed by atoms with E-state index in [1.165, 1.54) is 0 Å². The second-order valence-electron chi connectivity index (χ2n) is 5.76. The van der Waals surface area contributed by atoms with Crippen LogP contribution >= 0.6 is 0 Å². The van der Waals surface area contributed by atoms with Crippen molar-refractivity contribution in [2.75, 3.05) is 24.5 Å². The first-order chi connectivity index (χ1) is 9.08. The maximum absolute atomic E-state index is 4.83. The number of para-hydroxylation sites is 2. The quantitative estimate of drug-likeness (QED) is 0.848. The second-order valence-corrected chi connectivity index (χ2v) is 5.76. The van der Waals surface area contributed by atoms with Crippen LogP contribution in [0.3, 0.4) is 0 Å². The molecule has 0 atom stereocenters. The van der Waals surface area contributed by atoms with Crippen LogP contribution < -0.4 is 10.2 Å². The van der Waals surface area contributed by atoms with Gasteiger partial charge in [0.2, 0.25) is 0 Å². The summed E-state index contributed by atoms with van der Waals surface area (Å²) in [7, 11) is 0. The molecule has 0 amide bonds. The third-order valence-corrected chi connectivity index (χ3v) is 3.78. The van der Waals surface area contributed by atoms with Gasteiger partial charge in [-0.25, -0.2) is 9.97 Å². The SMILES string of the molecule is Cc1nc2ccccc2nc1N1CCNCC1(C)C. The number of fused-ring (bicyclic) bond motifs is 1. The van der Waals surface area contributed by atoms with Crippen molar-refractivity contribution >= 4 is 16.9 Å². The van der Waals surface area contributed by atoms with Crippen molar-refractivity contribution in [3.8, 4) is 0 Å². The highest BCUT2D eigenvalue weighted by molar-refractivity contribution is 5.76. The van der Waals surface area contributed by atoms with Gasteiger partial charge >= 0.3 is 0 Å². The van der Waals surface area contributed by atoms with Crippen LogP contribution in [0, 0.1) is 6.92 Å². The lowest BCUT2D eigenvalue weighted by atomic mass is 10.00. The molecule has 1 fully saturated rings. The van der Waals surface area contributed by atoms with Gasteiger partial charge < -0.3 is 10.2 Å². The van der Waals surface area contributed by atoms with Gasteiger partial charge in [0.05, 0.1) is 16.7 Å². The predicted molar refractivity (Wildman–Crippen MR) is 78.6 cm³/mol. The fourth-order valence-corrected chi connectivity index (χ4v) is 2.71. The van der Waals surface area contributed by atoms with E-state index in [4.69, 9.17) is 9.97 Å². The van der Waals surface area contributed by atoms with Crippen molar-refractivity contribution in [1.29, 1.82) is 0 Å². The van der Waals surface area contributed by atoms with Crippen LogP contribution in [0.1, 0.15) is 19.5 Å². The summed E-state index contributed by atoms with van der Waals surface area (Å²) >= 11 is 0. The largest absolute Gasteiger partial charge is 0.347 e. The summed E-state index contributed by atoms with van der Waals surface area (Å²) in [6.07, 6.45) is 0. The molecule has 0 aliphatic carbocycles. The fraction of sp³-hybridized carbons (Fsp3) is 0.467. The number of piperazine rings is 1. The van der Waals surface area contributed by atoms with Crippen molar-refractivity contribution in [2.24, 2.45) is 0 Å². The first kappa shape index (κ1) is 12.4. The zero-order valence-electron chi connectivity index (χ0n) is 11.8. The lowest BCUT2D eigenvalue weighted by Crippen LogP contribution is -2.58. The molecule has 1 aromatic carbocycles. The van der Waals surface area contributed by atoms with Gasteiger partial charge in [-0.05, 0) is 32.9 Å². The predicted octanol–water partition coefficient (Wildman–Crippen LogP) is 2.13. The number of benzene rings is 1. The van der Waals surface area contributed by atoms with E-state index in [1.807, 2.05) is 31.2 Å². The highest BCUT2D eigenvalue weighted by Crippen LogP contribution is 2.27. The third kappa shape index (κ3) is 2.16. The van der Waals surface area contributed by atoms with Crippen LogP contribution in [0.4, 0.5) is 5.82 Å². The molecule has 3 rings (SSSR count). The first-order valence-corrected chi connectivity index (χ1v) is 6.80.